The lowest BCUT2D eigenvalue weighted by Crippen LogP contribution is -2.47. The molecule has 1 saturated heterocycles. The lowest BCUT2D eigenvalue weighted by Gasteiger charge is -2.33. The van der Waals surface area contributed by atoms with E-state index in [4.69, 9.17) is 4.52 Å². The predicted octanol–water partition coefficient (Wildman–Crippen LogP) is 2.53. The normalized spacial score (nSPS) is 15.4. The van der Waals surface area contributed by atoms with Crippen molar-refractivity contribution >= 4 is 12.0 Å². The maximum absolute atomic E-state index is 12.5. The van der Waals surface area contributed by atoms with Gasteiger partial charge in [-0.05, 0) is 25.1 Å². The van der Waals surface area contributed by atoms with Crippen LogP contribution >= 0.6 is 0 Å². The smallest absolute Gasteiger partial charge is 0.246 e. The van der Waals surface area contributed by atoms with Gasteiger partial charge in [-0.3, -0.25) is 9.69 Å². The number of hydrogen-bond acceptors (Lipinski definition) is 5. The second-order valence-corrected chi connectivity index (χ2v) is 6.92. The SMILES string of the molecule is Cc1cc(CN2CCN(C(=O)/C=C/c3cnn(-c4ccccc4)c3)CC2)on1. The summed E-state index contributed by atoms with van der Waals surface area (Å²) >= 11 is 0. The van der Waals surface area contributed by atoms with E-state index in [9.17, 15) is 4.79 Å². The highest BCUT2D eigenvalue weighted by molar-refractivity contribution is 5.91. The maximum Gasteiger partial charge on any atom is 0.246 e. The molecular weight excluding hydrogens is 354 g/mol. The van der Waals surface area contributed by atoms with Crippen LogP contribution in [0.2, 0.25) is 0 Å². The highest BCUT2D eigenvalue weighted by Crippen LogP contribution is 2.12. The third-order valence-electron chi connectivity index (χ3n) is 4.78. The number of carbonyl (C=O) groups is 1. The molecule has 3 aromatic rings. The second-order valence-electron chi connectivity index (χ2n) is 6.92. The number of benzene rings is 1. The summed E-state index contributed by atoms with van der Waals surface area (Å²) in [5, 5.41) is 8.27. The van der Waals surface area contributed by atoms with E-state index in [0.29, 0.717) is 13.1 Å². The van der Waals surface area contributed by atoms with Crippen molar-refractivity contribution in [3.05, 3.63) is 71.9 Å². The summed E-state index contributed by atoms with van der Waals surface area (Å²) < 4.78 is 7.07. The Morgan fingerprint density at radius 2 is 1.96 bits per heavy atom. The average Bonchev–Trinajstić information content (AvgIpc) is 3.36. The van der Waals surface area contributed by atoms with Crippen molar-refractivity contribution in [1.29, 1.82) is 0 Å². The van der Waals surface area contributed by atoms with Gasteiger partial charge in [0.2, 0.25) is 5.91 Å². The van der Waals surface area contributed by atoms with Crippen LogP contribution in [-0.4, -0.2) is 56.8 Å². The van der Waals surface area contributed by atoms with Crippen LogP contribution in [0.5, 0.6) is 0 Å². The molecule has 0 unspecified atom stereocenters. The van der Waals surface area contributed by atoms with Gasteiger partial charge in [-0.2, -0.15) is 5.10 Å². The molecule has 4 rings (SSSR count). The van der Waals surface area contributed by atoms with Gasteiger partial charge in [0.1, 0.15) is 0 Å². The van der Waals surface area contributed by atoms with Crippen LogP contribution in [0.15, 0.2) is 59.4 Å². The molecule has 0 radical (unpaired) electrons. The Morgan fingerprint density at radius 1 is 1.18 bits per heavy atom. The van der Waals surface area contributed by atoms with E-state index in [1.165, 1.54) is 0 Å². The number of rotatable bonds is 5. The number of aromatic nitrogens is 3. The summed E-state index contributed by atoms with van der Waals surface area (Å²) in [7, 11) is 0. The molecule has 1 aliphatic heterocycles. The van der Waals surface area contributed by atoms with Crippen LogP contribution in [0.4, 0.5) is 0 Å². The molecule has 1 aliphatic rings. The number of piperazine rings is 1. The first-order valence-corrected chi connectivity index (χ1v) is 9.39. The molecule has 0 N–H and O–H groups in total. The van der Waals surface area contributed by atoms with Gasteiger partial charge in [-0.15, -0.1) is 0 Å². The average molecular weight is 377 g/mol. The second kappa shape index (κ2) is 8.22. The molecule has 28 heavy (non-hydrogen) atoms. The number of hydrogen-bond donors (Lipinski definition) is 0. The number of para-hydroxylation sites is 1. The molecule has 1 aromatic carbocycles. The summed E-state index contributed by atoms with van der Waals surface area (Å²) in [6, 6.07) is 11.9. The molecule has 1 fully saturated rings. The number of aryl methyl sites for hydroxylation is 1. The number of nitrogens with zero attached hydrogens (tertiary/aromatic N) is 5. The fourth-order valence-electron chi connectivity index (χ4n) is 3.26. The molecule has 2 aromatic heterocycles. The third-order valence-corrected chi connectivity index (χ3v) is 4.78. The lowest BCUT2D eigenvalue weighted by molar-refractivity contribution is -0.127. The first kappa shape index (κ1) is 18.2. The lowest BCUT2D eigenvalue weighted by atomic mass is 10.2. The van der Waals surface area contributed by atoms with Crippen LogP contribution in [0.3, 0.4) is 0 Å². The Kier molecular flexibility index (Phi) is 5.34. The van der Waals surface area contributed by atoms with Gasteiger partial charge in [0.25, 0.3) is 0 Å². The summed E-state index contributed by atoms with van der Waals surface area (Å²) in [5.41, 5.74) is 2.78. The number of carbonyl (C=O) groups excluding carboxylic acids is 1. The van der Waals surface area contributed by atoms with Crippen molar-refractivity contribution in [2.75, 3.05) is 26.2 Å². The van der Waals surface area contributed by atoms with Crippen molar-refractivity contribution in [3.8, 4) is 5.69 Å². The van der Waals surface area contributed by atoms with E-state index >= 15 is 0 Å². The fourth-order valence-corrected chi connectivity index (χ4v) is 3.26. The fraction of sp³-hybridized carbons (Fsp3) is 0.286. The summed E-state index contributed by atoms with van der Waals surface area (Å²) in [5.74, 6) is 0.898. The predicted molar refractivity (Wildman–Crippen MR) is 106 cm³/mol. The van der Waals surface area contributed by atoms with E-state index < -0.39 is 0 Å². The van der Waals surface area contributed by atoms with Gasteiger partial charge in [-0.1, -0.05) is 23.4 Å². The molecule has 7 heteroatoms. The highest BCUT2D eigenvalue weighted by atomic mass is 16.5. The minimum atomic E-state index is 0.0302. The van der Waals surface area contributed by atoms with Gasteiger partial charge in [-0.25, -0.2) is 4.68 Å². The van der Waals surface area contributed by atoms with Crippen molar-refractivity contribution in [1.82, 2.24) is 24.7 Å². The molecule has 3 heterocycles. The van der Waals surface area contributed by atoms with Crippen LogP contribution in [0, 0.1) is 6.92 Å². The zero-order chi connectivity index (χ0) is 19.3. The van der Waals surface area contributed by atoms with Crippen molar-refractivity contribution in [2.45, 2.75) is 13.5 Å². The van der Waals surface area contributed by atoms with Gasteiger partial charge in [0.15, 0.2) is 5.76 Å². The Morgan fingerprint density at radius 3 is 2.68 bits per heavy atom. The molecule has 0 spiro atoms. The van der Waals surface area contributed by atoms with Gasteiger partial charge < -0.3 is 9.42 Å². The third kappa shape index (κ3) is 4.37. The van der Waals surface area contributed by atoms with E-state index in [0.717, 1.165) is 42.3 Å². The molecule has 0 aliphatic carbocycles. The van der Waals surface area contributed by atoms with Crippen molar-refractivity contribution in [2.24, 2.45) is 0 Å². The monoisotopic (exact) mass is 377 g/mol. The topological polar surface area (TPSA) is 67.4 Å². The molecule has 7 nitrogen and oxygen atoms in total. The summed E-state index contributed by atoms with van der Waals surface area (Å²) in [6.45, 7) is 5.71. The van der Waals surface area contributed by atoms with Gasteiger partial charge in [0, 0.05) is 50.1 Å². The molecule has 1 amide bonds. The Labute approximate surface area is 163 Å². The molecule has 0 bridgehead atoms. The molecule has 144 valence electrons. The zero-order valence-electron chi connectivity index (χ0n) is 15.9. The van der Waals surface area contributed by atoms with E-state index in [1.807, 2.05) is 60.5 Å². The van der Waals surface area contributed by atoms with Crippen LogP contribution in [-0.2, 0) is 11.3 Å². The molecule has 0 saturated carbocycles. The number of amides is 1. The summed E-state index contributed by atoms with van der Waals surface area (Å²) in [6.07, 6.45) is 7.12. The standard InChI is InChI=1S/C21H23N5O2/c1-17-13-20(28-23-17)16-24-9-11-25(12-10-24)21(27)8-7-18-14-22-26(15-18)19-5-3-2-4-6-19/h2-8,13-15H,9-12,16H2,1H3/b8-7+. The van der Waals surface area contributed by atoms with E-state index in [-0.39, 0.29) is 5.91 Å². The van der Waals surface area contributed by atoms with Crippen LogP contribution < -0.4 is 0 Å². The van der Waals surface area contributed by atoms with E-state index in [1.54, 1.807) is 17.0 Å². The molecular formula is C21H23N5O2. The Bertz CT molecular complexity index is 952. The minimum absolute atomic E-state index is 0.0302. The van der Waals surface area contributed by atoms with Crippen LogP contribution in [0.1, 0.15) is 17.0 Å². The minimum Gasteiger partial charge on any atom is -0.360 e. The van der Waals surface area contributed by atoms with Gasteiger partial charge >= 0.3 is 0 Å². The summed E-state index contributed by atoms with van der Waals surface area (Å²) in [4.78, 5) is 16.6. The first-order chi connectivity index (χ1) is 13.7. The maximum atomic E-state index is 12.5. The highest BCUT2D eigenvalue weighted by Gasteiger charge is 2.20. The van der Waals surface area contributed by atoms with Crippen LogP contribution in [0.25, 0.3) is 11.8 Å². The largest absolute Gasteiger partial charge is 0.360 e. The van der Waals surface area contributed by atoms with E-state index in [2.05, 4.69) is 15.2 Å². The molecule has 0 atom stereocenters. The quantitative estimate of drug-likeness (QED) is 0.639. The Balaban J connectivity index is 1.29. The first-order valence-electron chi connectivity index (χ1n) is 9.39. The Hall–Kier alpha value is -3.19. The van der Waals surface area contributed by atoms with Gasteiger partial charge in [0.05, 0.1) is 24.1 Å². The van der Waals surface area contributed by atoms with Crippen molar-refractivity contribution in [3.63, 3.8) is 0 Å². The zero-order valence-corrected chi connectivity index (χ0v) is 15.9. The van der Waals surface area contributed by atoms with Crippen molar-refractivity contribution < 1.29 is 9.32 Å².